The lowest BCUT2D eigenvalue weighted by Gasteiger charge is -2.37. The summed E-state index contributed by atoms with van der Waals surface area (Å²) in [6.07, 6.45) is 1.39. The van der Waals surface area contributed by atoms with E-state index in [9.17, 15) is 4.79 Å². The topological polar surface area (TPSA) is 46.3 Å². The van der Waals surface area contributed by atoms with Crippen molar-refractivity contribution in [3.63, 3.8) is 0 Å². The van der Waals surface area contributed by atoms with Gasteiger partial charge in [0.05, 0.1) is 0 Å². The fourth-order valence-corrected chi connectivity index (χ4v) is 2.88. The van der Waals surface area contributed by atoms with Gasteiger partial charge in [0.25, 0.3) is 0 Å². The van der Waals surface area contributed by atoms with Crippen molar-refractivity contribution in [2.24, 2.45) is 5.73 Å². The van der Waals surface area contributed by atoms with E-state index in [4.69, 9.17) is 5.73 Å². The normalized spacial score (nSPS) is 28.9. The van der Waals surface area contributed by atoms with Crippen LogP contribution in [0.5, 0.6) is 0 Å². The summed E-state index contributed by atoms with van der Waals surface area (Å²) in [6.45, 7) is 7.18. The summed E-state index contributed by atoms with van der Waals surface area (Å²) in [5, 5.41) is 0.554. The van der Waals surface area contributed by atoms with Crippen molar-refractivity contribution in [2.45, 2.75) is 50.9 Å². The highest BCUT2D eigenvalue weighted by atomic mass is 32.2. The molecule has 88 valence electrons. The standard InChI is InChI=1S/C11H22N2OS/c1-8(12)4-5-11(14)13-6-7-15-10(3)9(13)2/h8-10H,4-7,12H2,1-3H3. The maximum atomic E-state index is 11.9. The van der Waals surface area contributed by atoms with Crippen LogP contribution in [-0.2, 0) is 4.79 Å². The number of rotatable bonds is 3. The van der Waals surface area contributed by atoms with Gasteiger partial charge in [-0.1, -0.05) is 6.92 Å². The van der Waals surface area contributed by atoms with Gasteiger partial charge in [-0.15, -0.1) is 0 Å². The molecule has 1 amide bonds. The van der Waals surface area contributed by atoms with Crippen molar-refractivity contribution < 1.29 is 4.79 Å². The third-order valence-electron chi connectivity index (χ3n) is 3.02. The first-order chi connectivity index (χ1) is 7.02. The predicted molar refractivity (Wildman–Crippen MR) is 66.0 cm³/mol. The highest BCUT2D eigenvalue weighted by Gasteiger charge is 2.28. The Bertz CT molecular complexity index is 221. The molecule has 15 heavy (non-hydrogen) atoms. The van der Waals surface area contributed by atoms with Gasteiger partial charge in [0.15, 0.2) is 0 Å². The zero-order valence-electron chi connectivity index (χ0n) is 9.90. The fourth-order valence-electron chi connectivity index (χ4n) is 1.78. The molecule has 0 saturated carbocycles. The third-order valence-corrected chi connectivity index (χ3v) is 4.36. The number of thioether (sulfide) groups is 1. The average molecular weight is 230 g/mol. The third kappa shape index (κ3) is 3.68. The molecule has 3 unspecified atom stereocenters. The van der Waals surface area contributed by atoms with Crippen molar-refractivity contribution in [1.82, 2.24) is 4.90 Å². The first kappa shape index (κ1) is 12.8. The van der Waals surface area contributed by atoms with Crippen molar-refractivity contribution >= 4 is 17.7 Å². The van der Waals surface area contributed by atoms with E-state index >= 15 is 0 Å². The van der Waals surface area contributed by atoms with Crippen molar-refractivity contribution in [2.75, 3.05) is 12.3 Å². The molecule has 0 bridgehead atoms. The highest BCUT2D eigenvalue weighted by molar-refractivity contribution is 8.00. The molecule has 1 aliphatic heterocycles. The van der Waals surface area contributed by atoms with E-state index in [0.29, 0.717) is 17.7 Å². The zero-order valence-corrected chi connectivity index (χ0v) is 10.7. The molecule has 0 aromatic rings. The molecule has 0 aromatic heterocycles. The number of carbonyl (C=O) groups is 1. The number of nitrogens with zero attached hydrogens (tertiary/aromatic N) is 1. The van der Waals surface area contributed by atoms with Crippen LogP contribution in [0.2, 0.25) is 0 Å². The van der Waals surface area contributed by atoms with Gasteiger partial charge in [0.1, 0.15) is 0 Å². The van der Waals surface area contributed by atoms with Crippen LogP contribution in [0, 0.1) is 0 Å². The second-order valence-electron chi connectivity index (χ2n) is 4.42. The Morgan fingerprint density at radius 1 is 1.60 bits per heavy atom. The fraction of sp³-hybridized carbons (Fsp3) is 0.909. The molecule has 3 atom stereocenters. The van der Waals surface area contributed by atoms with E-state index in [0.717, 1.165) is 18.7 Å². The molecular weight excluding hydrogens is 208 g/mol. The van der Waals surface area contributed by atoms with Gasteiger partial charge in [-0.25, -0.2) is 0 Å². The monoisotopic (exact) mass is 230 g/mol. The Balaban J connectivity index is 2.43. The largest absolute Gasteiger partial charge is 0.338 e. The molecule has 2 N–H and O–H groups in total. The second-order valence-corrected chi connectivity index (χ2v) is 5.90. The van der Waals surface area contributed by atoms with Crippen LogP contribution in [0.1, 0.15) is 33.6 Å². The van der Waals surface area contributed by atoms with Gasteiger partial charge >= 0.3 is 0 Å². The van der Waals surface area contributed by atoms with Gasteiger partial charge in [-0.2, -0.15) is 11.8 Å². The van der Waals surface area contributed by atoms with Crippen molar-refractivity contribution in [1.29, 1.82) is 0 Å². The number of nitrogens with two attached hydrogens (primary N) is 1. The van der Waals surface area contributed by atoms with Crippen LogP contribution in [0.25, 0.3) is 0 Å². The van der Waals surface area contributed by atoms with Crippen molar-refractivity contribution in [3.8, 4) is 0 Å². The van der Waals surface area contributed by atoms with E-state index in [1.807, 2.05) is 23.6 Å². The number of amides is 1. The number of hydrogen-bond donors (Lipinski definition) is 1. The van der Waals surface area contributed by atoms with Gasteiger partial charge in [-0.05, 0) is 20.3 Å². The molecule has 1 heterocycles. The van der Waals surface area contributed by atoms with Gasteiger partial charge in [-0.3, -0.25) is 4.79 Å². The maximum Gasteiger partial charge on any atom is 0.222 e. The summed E-state index contributed by atoms with van der Waals surface area (Å²) in [5.74, 6) is 1.34. The summed E-state index contributed by atoms with van der Waals surface area (Å²) in [6, 6.07) is 0.491. The Hall–Kier alpha value is -0.220. The SMILES string of the molecule is CC(N)CCC(=O)N1CCSC(C)C1C. The molecule has 0 aliphatic carbocycles. The molecule has 0 spiro atoms. The lowest BCUT2D eigenvalue weighted by atomic mass is 10.1. The van der Waals surface area contributed by atoms with Gasteiger partial charge < -0.3 is 10.6 Å². The highest BCUT2D eigenvalue weighted by Crippen LogP contribution is 2.24. The lowest BCUT2D eigenvalue weighted by molar-refractivity contribution is -0.133. The summed E-state index contributed by atoms with van der Waals surface area (Å²) in [5.41, 5.74) is 5.66. The smallest absolute Gasteiger partial charge is 0.222 e. The van der Waals surface area contributed by atoms with E-state index in [2.05, 4.69) is 13.8 Å². The molecule has 1 aliphatic rings. The summed E-state index contributed by atoms with van der Waals surface area (Å²) in [7, 11) is 0. The van der Waals surface area contributed by atoms with E-state index < -0.39 is 0 Å². The maximum absolute atomic E-state index is 11.9. The molecular formula is C11H22N2OS. The molecule has 4 heteroatoms. The number of hydrogen-bond acceptors (Lipinski definition) is 3. The van der Waals surface area contributed by atoms with Crippen LogP contribution < -0.4 is 5.73 Å². The van der Waals surface area contributed by atoms with Crippen LogP contribution in [0.3, 0.4) is 0 Å². The van der Waals surface area contributed by atoms with Gasteiger partial charge in [0, 0.05) is 36.1 Å². The van der Waals surface area contributed by atoms with E-state index in [1.54, 1.807) is 0 Å². The molecule has 1 fully saturated rings. The van der Waals surface area contributed by atoms with E-state index in [-0.39, 0.29) is 11.9 Å². The van der Waals surface area contributed by atoms with Crippen LogP contribution in [0.4, 0.5) is 0 Å². The van der Waals surface area contributed by atoms with Crippen molar-refractivity contribution in [3.05, 3.63) is 0 Å². The van der Waals surface area contributed by atoms with Crippen LogP contribution >= 0.6 is 11.8 Å². The predicted octanol–water partition coefficient (Wildman–Crippen LogP) is 1.47. The first-order valence-electron chi connectivity index (χ1n) is 5.69. The Kier molecular flexibility index (Phi) is 4.93. The van der Waals surface area contributed by atoms with Crippen LogP contribution in [-0.4, -0.2) is 40.4 Å². The summed E-state index contributed by atoms with van der Waals surface area (Å²) in [4.78, 5) is 13.9. The molecule has 3 nitrogen and oxygen atoms in total. The van der Waals surface area contributed by atoms with Gasteiger partial charge in [0.2, 0.25) is 5.91 Å². The zero-order chi connectivity index (χ0) is 11.4. The first-order valence-corrected chi connectivity index (χ1v) is 6.74. The molecule has 0 aromatic carbocycles. The average Bonchev–Trinajstić information content (AvgIpc) is 2.18. The lowest BCUT2D eigenvalue weighted by Crippen LogP contribution is -2.48. The molecule has 1 rings (SSSR count). The summed E-state index contributed by atoms with van der Waals surface area (Å²) < 4.78 is 0. The van der Waals surface area contributed by atoms with E-state index in [1.165, 1.54) is 0 Å². The Labute approximate surface area is 96.8 Å². The Morgan fingerprint density at radius 3 is 2.87 bits per heavy atom. The quantitative estimate of drug-likeness (QED) is 0.798. The minimum atomic E-state index is 0.126. The summed E-state index contributed by atoms with van der Waals surface area (Å²) >= 11 is 1.95. The van der Waals surface area contributed by atoms with Crippen LogP contribution in [0.15, 0.2) is 0 Å². The minimum Gasteiger partial charge on any atom is -0.338 e. The Morgan fingerprint density at radius 2 is 2.27 bits per heavy atom. The number of carbonyl (C=O) groups excluding carboxylic acids is 1. The second kappa shape index (κ2) is 5.75. The molecule has 0 radical (unpaired) electrons. The minimum absolute atomic E-state index is 0.126. The molecule has 1 saturated heterocycles.